The summed E-state index contributed by atoms with van der Waals surface area (Å²) in [4.78, 5) is 17.3. The molecule has 2 atom stereocenters. The Labute approximate surface area is 94.0 Å². The maximum absolute atomic E-state index is 11.5. The zero-order valence-corrected chi connectivity index (χ0v) is 9.24. The number of amides is 1. The van der Waals surface area contributed by atoms with Crippen molar-refractivity contribution in [3.63, 3.8) is 0 Å². The minimum absolute atomic E-state index is 0.00435. The summed E-state index contributed by atoms with van der Waals surface area (Å²) < 4.78 is 7.36. The molecule has 0 radical (unpaired) electrons. The van der Waals surface area contributed by atoms with Crippen LogP contribution in [0.15, 0.2) is 18.7 Å². The summed E-state index contributed by atoms with van der Waals surface area (Å²) in [5.74, 6) is -0.0373. The molecule has 1 saturated heterocycles. The number of aromatic nitrogens is 2. The van der Waals surface area contributed by atoms with Crippen molar-refractivity contribution in [2.75, 3.05) is 26.7 Å². The Hall–Kier alpha value is -1.40. The van der Waals surface area contributed by atoms with Crippen LogP contribution in [0.2, 0.25) is 0 Å². The van der Waals surface area contributed by atoms with Crippen molar-refractivity contribution in [1.29, 1.82) is 0 Å². The highest BCUT2D eigenvalue weighted by molar-refractivity contribution is 5.78. The van der Waals surface area contributed by atoms with Gasteiger partial charge in [0.1, 0.15) is 0 Å². The summed E-state index contributed by atoms with van der Waals surface area (Å²) >= 11 is 0. The predicted molar refractivity (Wildman–Crippen MR) is 57.7 cm³/mol. The SMILES string of the molecule is CO[C@@H]1CN(C(=O)CN)C[C@@H]1n1ccnc1. The van der Waals surface area contributed by atoms with Crippen LogP contribution < -0.4 is 5.73 Å². The van der Waals surface area contributed by atoms with E-state index in [1.54, 1.807) is 24.5 Å². The van der Waals surface area contributed by atoms with Crippen molar-refractivity contribution >= 4 is 5.91 Å². The number of likely N-dealkylation sites (tertiary alicyclic amines) is 1. The minimum atomic E-state index is -0.0373. The lowest BCUT2D eigenvalue weighted by Gasteiger charge is -2.17. The number of ether oxygens (including phenoxy) is 1. The van der Waals surface area contributed by atoms with Crippen LogP contribution in [0, 0.1) is 0 Å². The number of hydrogen-bond donors (Lipinski definition) is 1. The molecule has 0 bridgehead atoms. The average molecular weight is 224 g/mol. The van der Waals surface area contributed by atoms with Gasteiger partial charge in [0.05, 0.1) is 25.0 Å². The number of imidazole rings is 1. The van der Waals surface area contributed by atoms with E-state index in [1.165, 1.54) is 0 Å². The summed E-state index contributed by atoms with van der Waals surface area (Å²) in [6.45, 7) is 1.27. The van der Waals surface area contributed by atoms with Gasteiger partial charge in [0, 0.05) is 32.6 Å². The molecule has 0 unspecified atom stereocenters. The van der Waals surface area contributed by atoms with Gasteiger partial charge in [0.15, 0.2) is 0 Å². The lowest BCUT2D eigenvalue weighted by atomic mass is 10.2. The standard InChI is InChI=1S/C10H16N4O2/c1-16-9-6-14(10(15)4-11)5-8(9)13-3-2-12-7-13/h2-3,7-9H,4-6,11H2,1H3/t8-,9+/m0/s1. The Morgan fingerprint density at radius 2 is 2.44 bits per heavy atom. The van der Waals surface area contributed by atoms with E-state index in [1.807, 2.05) is 10.8 Å². The summed E-state index contributed by atoms with van der Waals surface area (Å²) in [5.41, 5.74) is 5.35. The third-order valence-electron chi connectivity index (χ3n) is 2.97. The van der Waals surface area contributed by atoms with Gasteiger partial charge in [-0.1, -0.05) is 0 Å². The minimum Gasteiger partial charge on any atom is -0.377 e. The molecule has 16 heavy (non-hydrogen) atoms. The van der Waals surface area contributed by atoms with Gasteiger partial charge in [-0.2, -0.15) is 0 Å². The molecular weight excluding hydrogens is 208 g/mol. The van der Waals surface area contributed by atoms with Crippen LogP contribution in [0.3, 0.4) is 0 Å². The molecule has 1 amide bonds. The molecule has 1 aromatic heterocycles. The fourth-order valence-electron chi connectivity index (χ4n) is 2.07. The van der Waals surface area contributed by atoms with E-state index >= 15 is 0 Å². The summed E-state index contributed by atoms with van der Waals surface area (Å²) in [5, 5.41) is 0. The smallest absolute Gasteiger partial charge is 0.236 e. The molecular formula is C10H16N4O2. The fraction of sp³-hybridized carbons (Fsp3) is 0.600. The summed E-state index contributed by atoms with van der Waals surface area (Å²) in [6.07, 6.45) is 5.35. The number of rotatable bonds is 3. The van der Waals surface area contributed by atoms with E-state index < -0.39 is 0 Å². The molecule has 1 aliphatic heterocycles. The molecule has 0 aromatic carbocycles. The third kappa shape index (κ3) is 1.94. The molecule has 1 aromatic rings. The van der Waals surface area contributed by atoms with Crippen LogP contribution in [-0.2, 0) is 9.53 Å². The Morgan fingerprint density at radius 3 is 3.00 bits per heavy atom. The molecule has 1 fully saturated rings. The van der Waals surface area contributed by atoms with Gasteiger partial charge >= 0.3 is 0 Å². The number of nitrogens with two attached hydrogens (primary N) is 1. The van der Waals surface area contributed by atoms with Crippen LogP contribution in [0.5, 0.6) is 0 Å². The molecule has 0 spiro atoms. The topological polar surface area (TPSA) is 73.4 Å². The average Bonchev–Trinajstić information content (AvgIpc) is 2.95. The number of carbonyl (C=O) groups is 1. The molecule has 88 valence electrons. The van der Waals surface area contributed by atoms with Gasteiger partial charge in [0.25, 0.3) is 0 Å². The number of carbonyl (C=O) groups excluding carboxylic acids is 1. The maximum Gasteiger partial charge on any atom is 0.236 e. The second kappa shape index (κ2) is 4.63. The van der Waals surface area contributed by atoms with E-state index in [0.717, 1.165) is 0 Å². The quantitative estimate of drug-likeness (QED) is 0.732. The highest BCUT2D eigenvalue weighted by Crippen LogP contribution is 2.23. The first-order chi connectivity index (χ1) is 7.76. The lowest BCUT2D eigenvalue weighted by Crippen LogP contribution is -2.34. The van der Waals surface area contributed by atoms with Crippen molar-refractivity contribution in [1.82, 2.24) is 14.5 Å². The van der Waals surface area contributed by atoms with Gasteiger partial charge in [0.2, 0.25) is 5.91 Å². The van der Waals surface area contributed by atoms with Crippen molar-refractivity contribution < 1.29 is 9.53 Å². The second-order valence-electron chi connectivity index (χ2n) is 3.85. The normalized spacial score (nSPS) is 25.0. The van der Waals surface area contributed by atoms with E-state index in [0.29, 0.717) is 13.1 Å². The van der Waals surface area contributed by atoms with Crippen molar-refractivity contribution in [3.8, 4) is 0 Å². The first-order valence-corrected chi connectivity index (χ1v) is 5.24. The van der Waals surface area contributed by atoms with E-state index in [2.05, 4.69) is 4.98 Å². The monoisotopic (exact) mass is 224 g/mol. The number of hydrogen-bond acceptors (Lipinski definition) is 4. The van der Waals surface area contributed by atoms with Gasteiger partial charge < -0.3 is 19.9 Å². The van der Waals surface area contributed by atoms with Gasteiger partial charge in [-0.05, 0) is 0 Å². The second-order valence-corrected chi connectivity index (χ2v) is 3.85. The molecule has 0 aliphatic carbocycles. The first kappa shape index (κ1) is 11.1. The van der Waals surface area contributed by atoms with Gasteiger partial charge in [-0.25, -0.2) is 4.98 Å². The highest BCUT2D eigenvalue weighted by Gasteiger charge is 2.35. The van der Waals surface area contributed by atoms with Crippen LogP contribution in [0.25, 0.3) is 0 Å². The molecule has 6 heteroatoms. The first-order valence-electron chi connectivity index (χ1n) is 5.24. The third-order valence-corrected chi connectivity index (χ3v) is 2.97. The molecule has 1 aliphatic rings. The van der Waals surface area contributed by atoms with Crippen LogP contribution in [0.1, 0.15) is 6.04 Å². The zero-order chi connectivity index (χ0) is 11.5. The Balaban J connectivity index is 2.11. The van der Waals surface area contributed by atoms with Crippen molar-refractivity contribution in [3.05, 3.63) is 18.7 Å². The molecule has 2 heterocycles. The van der Waals surface area contributed by atoms with Crippen molar-refractivity contribution in [2.24, 2.45) is 5.73 Å². The van der Waals surface area contributed by atoms with E-state index in [-0.39, 0.29) is 24.6 Å². The van der Waals surface area contributed by atoms with E-state index in [4.69, 9.17) is 10.5 Å². The molecule has 6 nitrogen and oxygen atoms in total. The summed E-state index contributed by atoms with van der Waals surface area (Å²) in [7, 11) is 1.66. The maximum atomic E-state index is 11.5. The van der Waals surface area contributed by atoms with Gasteiger partial charge in [-0.15, -0.1) is 0 Å². The number of methoxy groups -OCH3 is 1. The van der Waals surface area contributed by atoms with Crippen LogP contribution >= 0.6 is 0 Å². The fourth-order valence-corrected chi connectivity index (χ4v) is 2.07. The van der Waals surface area contributed by atoms with Crippen LogP contribution in [-0.4, -0.2) is 53.2 Å². The molecule has 2 N–H and O–H groups in total. The number of nitrogens with zero attached hydrogens (tertiary/aromatic N) is 3. The predicted octanol–water partition coefficient (Wildman–Crippen LogP) is -0.760. The summed E-state index contributed by atoms with van der Waals surface area (Å²) in [6, 6.07) is 0.128. The highest BCUT2D eigenvalue weighted by atomic mass is 16.5. The van der Waals surface area contributed by atoms with E-state index in [9.17, 15) is 4.79 Å². The zero-order valence-electron chi connectivity index (χ0n) is 9.24. The van der Waals surface area contributed by atoms with Gasteiger partial charge in [-0.3, -0.25) is 4.79 Å². The lowest BCUT2D eigenvalue weighted by molar-refractivity contribution is -0.129. The Bertz CT molecular complexity index is 352. The Kier molecular flexibility index (Phi) is 3.21. The molecule has 0 saturated carbocycles. The van der Waals surface area contributed by atoms with Crippen molar-refractivity contribution in [2.45, 2.75) is 12.1 Å². The molecule has 2 rings (SSSR count). The van der Waals surface area contributed by atoms with Crippen LogP contribution in [0.4, 0.5) is 0 Å². The Morgan fingerprint density at radius 1 is 1.62 bits per heavy atom. The largest absolute Gasteiger partial charge is 0.377 e.